The molecule has 0 saturated carbocycles. The largest absolute Gasteiger partial charge is 0.506 e. The molecule has 0 amide bonds. The molecule has 118 valence electrons. The molecule has 1 saturated heterocycles. The lowest BCUT2D eigenvalue weighted by Gasteiger charge is -2.35. The van der Waals surface area contributed by atoms with E-state index in [1.54, 1.807) is 12.1 Å². The minimum atomic E-state index is -4.17. The van der Waals surface area contributed by atoms with Crippen LogP contribution in [0.15, 0.2) is 18.2 Å². The fourth-order valence-electron chi connectivity index (χ4n) is 2.58. The Morgan fingerprint density at radius 1 is 1.29 bits per heavy atom. The zero-order valence-corrected chi connectivity index (χ0v) is 12.2. The average Bonchev–Trinajstić information content (AvgIpc) is 2.43. The summed E-state index contributed by atoms with van der Waals surface area (Å²) in [5, 5.41) is 12.8. The lowest BCUT2D eigenvalue weighted by atomic mass is 9.99. The lowest BCUT2D eigenvalue weighted by Crippen LogP contribution is -2.45. The van der Waals surface area contributed by atoms with E-state index >= 15 is 0 Å². The third-order valence-electron chi connectivity index (χ3n) is 3.65. The summed E-state index contributed by atoms with van der Waals surface area (Å²) in [6.07, 6.45) is -5.02. The smallest absolute Gasteiger partial charge is 0.389 e. The summed E-state index contributed by atoms with van der Waals surface area (Å²) < 4.78 is 37.6. The van der Waals surface area contributed by atoms with Crippen molar-refractivity contribution in [3.63, 3.8) is 0 Å². The van der Waals surface area contributed by atoms with Crippen molar-refractivity contribution < 1.29 is 18.3 Å². The summed E-state index contributed by atoms with van der Waals surface area (Å²) in [4.78, 5) is 2.03. The lowest BCUT2D eigenvalue weighted by molar-refractivity contribution is -0.138. The maximum Gasteiger partial charge on any atom is 0.389 e. The van der Waals surface area contributed by atoms with Gasteiger partial charge in [0.1, 0.15) is 5.75 Å². The van der Waals surface area contributed by atoms with Crippen molar-refractivity contribution in [3.05, 3.63) is 28.8 Å². The van der Waals surface area contributed by atoms with E-state index in [1.807, 2.05) is 4.90 Å². The Bertz CT molecular complexity index is 476. The summed E-state index contributed by atoms with van der Waals surface area (Å²) in [7, 11) is 0. The molecule has 1 atom stereocenters. The molecular formula is C14H18ClF3N2O. The van der Waals surface area contributed by atoms with E-state index in [0.29, 0.717) is 18.7 Å². The van der Waals surface area contributed by atoms with Gasteiger partial charge in [-0.25, -0.2) is 0 Å². The van der Waals surface area contributed by atoms with Gasteiger partial charge >= 0.3 is 6.18 Å². The number of hydrogen-bond donors (Lipinski definition) is 2. The second kappa shape index (κ2) is 6.85. The maximum absolute atomic E-state index is 12.5. The van der Waals surface area contributed by atoms with Crippen LogP contribution in [0.4, 0.5) is 13.2 Å². The van der Waals surface area contributed by atoms with E-state index in [-0.39, 0.29) is 23.2 Å². The van der Waals surface area contributed by atoms with Crippen molar-refractivity contribution in [1.29, 1.82) is 0 Å². The molecule has 21 heavy (non-hydrogen) atoms. The summed E-state index contributed by atoms with van der Waals surface area (Å²) >= 11 is 5.88. The number of rotatable bonds is 4. The molecule has 0 spiro atoms. The molecule has 1 fully saturated rings. The van der Waals surface area contributed by atoms with Crippen LogP contribution in [0.1, 0.15) is 24.4 Å². The Hall–Kier alpha value is -0.980. The third kappa shape index (κ3) is 4.76. The van der Waals surface area contributed by atoms with Crippen molar-refractivity contribution in [2.45, 2.75) is 25.1 Å². The number of piperazine rings is 1. The third-order valence-corrected chi connectivity index (χ3v) is 3.95. The van der Waals surface area contributed by atoms with Crippen LogP contribution in [0, 0.1) is 0 Å². The number of hydrogen-bond acceptors (Lipinski definition) is 3. The number of halogens is 4. The quantitative estimate of drug-likeness (QED) is 0.892. The Morgan fingerprint density at radius 2 is 1.95 bits per heavy atom. The first-order chi connectivity index (χ1) is 9.87. The van der Waals surface area contributed by atoms with Gasteiger partial charge in [-0.05, 0) is 24.1 Å². The highest BCUT2D eigenvalue weighted by atomic mass is 35.5. The summed E-state index contributed by atoms with van der Waals surface area (Å²) in [6.45, 7) is 2.91. The van der Waals surface area contributed by atoms with Crippen LogP contribution >= 0.6 is 11.6 Å². The molecule has 0 aliphatic carbocycles. The monoisotopic (exact) mass is 322 g/mol. The van der Waals surface area contributed by atoms with Crippen molar-refractivity contribution in [2.75, 3.05) is 26.2 Å². The van der Waals surface area contributed by atoms with Gasteiger partial charge in [-0.15, -0.1) is 0 Å². The predicted octanol–water partition coefficient (Wildman–Crippen LogP) is 3.33. The summed E-state index contributed by atoms with van der Waals surface area (Å²) in [5.74, 6) is -0.0599. The number of benzene rings is 1. The Labute approximate surface area is 126 Å². The minimum absolute atomic E-state index is 0.00932. The first-order valence-corrected chi connectivity index (χ1v) is 7.24. The van der Waals surface area contributed by atoms with Crippen LogP contribution in [0.25, 0.3) is 0 Å². The predicted molar refractivity (Wildman–Crippen MR) is 75.6 cm³/mol. The van der Waals surface area contributed by atoms with Crippen molar-refractivity contribution in [1.82, 2.24) is 10.2 Å². The van der Waals surface area contributed by atoms with Crippen LogP contribution in [0.3, 0.4) is 0 Å². The zero-order chi connectivity index (χ0) is 15.5. The number of nitrogens with zero attached hydrogens (tertiary/aromatic N) is 1. The van der Waals surface area contributed by atoms with Crippen molar-refractivity contribution >= 4 is 11.6 Å². The van der Waals surface area contributed by atoms with Gasteiger partial charge in [0, 0.05) is 38.6 Å². The number of aromatic hydroxyl groups is 1. The van der Waals surface area contributed by atoms with Gasteiger partial charge < -0.3 is 10.4 Å². The van der Waals surface area contributed by atoms with Gasteiger partial charge in [-0.1, -0.05) is 17.7 Å². The van der Waals surface area contributed by atoms with E-state index in [0.717, 1.165) is 13.1 Å². The molecule has 0 aromatic heterocycles. The molecule has 0 bridgehead atoms. The molecule has 1 heterocycles. The Morgan fingerprint density at radius 3 is 2.52 bits per heavy atom. The topological polar surface area (TPSA) is 35.5 Å². The second-order valence-electron chi connectivity index (χ2n) is 5.17. The van der Waals surface area contributed by atoms with E-state index in [9.17, 15) is 18.3 Å². The SMILES string of the molecule is Oc1ccc([C@@H](CCC(F)(F)F)N2CCNCC2)cc1Cl. The molecule has 1 aliphatic heterocycles. The molecule has 2 rings (SSSR count). The molecule has 7 heteroatoms. The van der Waals surface area contributed by atoms with Crippen molar-refractivity contribution in [2.24, 2.45) is 0 Å². The number of phenolic OH excluding ortho intramolecular Hbond substituents is 1. The Kier molecular flexibility index (Phi) is 5.35. The van der Waals surface area contributed by atoms with E-state index in [1.165, 1.54) is 6.07 Å². The van der Waals surface area contributed by atoms with Crippen LogP contribution in [-0.2, 0) is 0 Å². The number of phenols is 1. The first kappa shape index (κ1) is 16.4. The van der Waals surface area contributed by atoms with Gasteiger partial charge in [0.15, 0.2) is 0 Å². The van der Waals surface area contributed by atoms with E-state index in [4.69, 9.17) is 11.6 Å². The highest BCUT2D eigenvalue weighted by molar-refractivity contribution is 6.32. The average molecular weight is 323 g/mol. The summed E-state index contributed by atoms with van der Waals surface area (Å²) in [5.41, 5.74) is 0.712. The second-order valence-corrected chi connectivity index (χ2v) is 5.57. The van der Waals surface area contributed by atoms with Gasteiger partial charge in [-0.3, -0.25) is 4.90 Å². The Balaban J connectivity index is 2.18. The van der Waals surface area contributed by atoms with Crippen molar-refractivity contribution in [3.8, 4) is 5.75 Å². The standard InChI is InChI=1S/C14H18ClF3N2O/c15-11-9-10(1-2-13(11)21)12(3-4-14(16,17)18)20-7-5-19-6-8-20/h1-2,9,12,19,21H,3-8H2/t12-/m1/s1. The molecular weight excluding hydrogens is 305 g/mol. The van der Waals surface area contributed by atoms with Gasteiger partial charge in [-0.2, -0.15) is 13.2 Å². The number of alkyl halides is 3. The molecule has 0 unspecified atom stereocenters. The first-order valence-electron chi connectivity index (χ1n) is 6.87. The molecule has 1 aromatic carbocycles. The highest BCUT2D eigenvalue weighted by Gasteiger charge is 2.31. The normalized spacial score (nSPS) is 18.7. The molecule has 3 nitrogen and oxygen atoms in total. The van der Waals surface area contributed by atoms with E-state index in [2.05, 4.69) is 5.32 Å². The van der Waals surface area contributed by atoms with Crippen LogP contribution in [-0.4, -0.2) is 42.4 Å². The number of nitrogens with one attached hydrogen (secondary N) is 1. The maximum atomic E-state index is 12.5. The van der Waals surface area contributed by atoms with Gasteiger partial charge in [0.25, 0.3) is 0 Å². The van der Waals surface area contributed by atoms with Crippen LogP contribution in [0.2, 0.25) is 5.02 Å². The molecule has 1 aromatic rings. The van der Waals surface area contributed by atoms with E-state index < -0.39 is 12.6 Å². The zero-order valence-electron chi connectivity index (χ0n) is 11.5. The fraction of sp³-hybridized carbons (Fsp3) is 0.571. The molecule has 0 radical (unpaired) electrons. The fourth-order valence-corrected chi connectivity index (χ4v) is 2.77. The molecule has 1 aliphatic rings. The highest BCUT2D eigenvalue weighted by Crippen LogP contribution is 2.34. The summed E-state index contributed by atoms with van der Waals surface area (Å²) in [6, 6.07) is 4.29. The van der Waals surface area contributed by atoms with Gasteiger partial charge in [0.05, 0.1) is 5.02 Å². The molecule has 2 N–H and O–H groups in total. The van der Waals surface area contributed by atoms with Crippen LogP contribution < -0.4 is 5.32 Å². The minimum Gasteiger partial charge on any atom is -0.506 e. The van der Waals surface area contributed by atoms with Crippen LogP contribution in [0.5, 0.6) is 5.75 Å². The van der Waals surface area contributed by atoms with Gasteiger partial charge in [0.2, 0.25) is 0 Å².